The van der Waals surface area contributed by atoms with Crippen LogP contribution in [0.5, 0.6) is 0 Å². The van der Waals surface area contributed by atoms with E-state index in [4.69, 9.17) is 0 Å². The molecule has 3 rings (SSSR count). The topological polar surface area (TPSA) is 41.4 Å². The van der Waals surface area contributed by atoms with Crippen LogP contribution in [0.1, 0.15) is 6.42 Å². The fourth-order valence-corrected chi connectivity index (χ4v) is 3.69. The summed E-state index contributed by atoms with van der Waals surface area (Å²) < 4.78 is 2.10. The summed E-state index contributed by atoms with van der Waals surface area (Å²) >= 11 is 1.75. The summed E-state index contributed by atoms with van der Waals surface area (Å²) in [5, 5.41) is 0. The van der Waals surface area contributed by atoms with Crippen molar-refractivity contribution in [2.45, 2.75) is 17.9 Å². The van der Waals surface area contributed by atoms with Gasteiger partial charge in [0, 0.05) is 68.7 Å². The first-order chi connectivity index (χ1) is 11.8. The van der Waals surface area contributed by atoms with Gasteiger partial charge < -0.3 is 9.47 Å². The van der Waals surface area contributed by atoms with E-state index in [2.05, 4.69) is 26.6 Å². The molecular weight excluding hydrogens is 320 g/mol. The van der Waals surface area contributed by atoms with E-state index in [1.807, 2.05) is 41.8 Å². The molecule has 0 radical (unpaired) electrons. The molecule has 0 saturated carbocycles. The lowest BCUT2D eigenvalue weighted by Gasteiger charge is -2.34. The zero-order chi connectivity index (χ0) is 16.6. The maximum atomic E-state index is 12.3. The van der Waals surface area contributed by atoms with Gasteiger partial charge in [-0.1, -0.05) is 18.2 Å². The summed E-state index contributed by atoms with van der Waals surface area (Å²) in [5.74, 6) is 1.14. The fourth-order valence-electron chi connectivity index (χ4n) is 2.83. The molecule has 0 unspecified atom stereocenters. The van der Waals surface area contributed by atoms with Crippen molar-refractivity contribution in [1.82, 2.24) is 19.4 Å². The van der Waals surface area contributed by atoms with Crippen molar-refractivity contribution < 1.29 is 4.79 Å². The van der Waals surface area contributed by atoms with E-state index < -0.39 is 0 Å². The maximum Gasteiger partial charge on any atom is 0.223 e. The molecule has 1 amide bonds. The number of carbonyl (C=O) groups is 1. The summed E-state index contributed by atoms with van der Waals surface area (Å²) in [5.41, 5.74) is 0. The van der Waals surface area contributed by atoms with E-state index in [0.29, 0.717) is 6.42 Å². The van der Waals surface area contributed by atoms with Crippen molar-refractivity contribution in [1.29, 1.82) is 0 Å². The molecular formula is C18H24N4OS. The molecule has 1 saturated heterocycles. The Labute approximate surface area is 147 Å². The van der Waals surface area contributed by atoms with Gasteiger partial charge in [0.15, 0.2) is 0 Å². The number of benzene rings is 1. The number of aromatic nitrogens is 2. The van der Waals surface area contributed by atoms with Gasteiger partial charge in [-0.25, -0.2) is 4.98 Å². The van der Waals surface area contributed by atoms with Crippen LogP contribution in [0.15, 0.2) is 53.9 Å². The lowest BCUT2D eigenvalue weighted by Crippen LogP contribution is -2.49. The number of carbonyl (C=O) groups excluding carboxylic acids is 1. The average Bonchev–Trinajstić information content (AvgIpc) is 3.15. The van der Waals surface area contributed by atoms with Crippen LogP contribution in [-0.2, 0) is 11.3 Å². The molecule has 0 atom stereocenters. The van der Waals surface area contributed by atoms with Crippen LogP contribution in [0.4, 0.5) is 0 Å². The van der Waals surface area contributed by atoms with Crippen LogP contribution < -0.4 is 0 Å². The number of thioether (sulfide) groups is 1. The smallest absolute Gasteiger partial charge is 0.223 e. The molecule has 1 fully saturated rings. The Hall–Kier alpha value is -1.79. The Morgan fingerprint density at radius 3 is 2.58 bits per heavy atom. The van der Waals surface area contributed by atoms with Crippen molar-refractivity contribution in [3.63, 3.8) is 0 Å². The minimum absolute atomic E-state index is 0.285. The third kappa shape index (κ3) is 5.11. The van der Waals surface area contributed by atoms with E-state index in [0.717, 1.165) is 45.0 Å². The van der Waals surface area contributed by atoms with E-state index in [9.17, 15) is 4.79 Å². The largest absolute Gasteiger partial charge is 0.340 e. The number of piperazine rings is 1. The zero-order valence-electron chi connectivity index (χ0n) is 13.9. The van der Waals surface area contributed by atoms with Crippen LogP contribution in [0.3, 0.4) is 0 Å². The third-order valence-corrected chi connectivity index (χ3v) is 5.30. The second-order valence-electron chi connectivity index (χ2n) is 5.93. The lowest BCUT2D eigenvalue weighted by molar-refractivity contribution is -0.132. The molecule has 24 heavy (non-hydrogen) atoms. The molecule has 2 heterocycles. The Morgan fingerprint density at radius 2 is 1.88 bits per heavy atom. The molecule has 1 aliphatic heterocycles. The molecule has 128 valence electrons. The highest BCUT2D eigenvalue weighted by Crippen LogP contribution is 2.18. The molecule has 5 nitrogen and oxygen atoms in total. The van der Waals surface area contributed by atoms with Gasteiger partial charge in [-0.3, -0.25) is 9.69 Å². The molecule has 0 spiro atoms. The second kappa shape index (κ2) is 8.89. The number of imidazole rings is 1. The Kier molecular flexibility index (Phi) is 6.32. The van der Waals surface area contributed by atoms with Gasteiger partial charge in [-0.2, -0.15) is 0 Å². The van der Waals surface area contributed by atoms with E-state index >= 15 is 0 Å². The highest BCUT2D eigenvalue weighted by atomic mass is 32.2. The first-order valence-electron chi connectivity index (χ1n) is 8.45. The number of amides is 1. The quantitative estimate of drug-likeness (QED) is 0.722. The van der Waals surface area contributed by atoms with Gasteiger partial charge in [0.25, 0.3) is 0 Å². The van der Waals surface area contributed by atoms with Crippen molar-refractivity contribution in [3.05, 3.63) is 49.1 Å². The minimum atomic E-state index is 0.285. The van der Waals surface area contributed by atoms with E-state index in [1.165, 1.54) is 4.90 Å². The van der Waals surface area contributed by atoms with Crippen molar-refractivity contribution in [2.24, 2.45) is 0 Å². The molecule has 1 aromatic carbocycles. The molecule has 2 aromatic rings. The van der Waals surface area contributed by atoms with Gasteiger partial charge in [0.1, 0.15) is 0 Å². The Bertz CT molecular complexity index is 609. The molecule has 1 aromatic heterocycles. The zero-order valence-corrected chi connectivity index (χ0v) is 14.7. The van der Waals surface area contributed by atoms with Crippen molar-refractivity contribution in [3.8, 4) is 0 Å². The van der Waals surface area contributed by atoms with Gasteiger partial charge in [0.2, 0.25) is 5.91 Å². The molecule has 1 aliphatic rings. The first kappa shape index (κ1) is 17.0. The van der Waals surface area contributed by atoms with Gasteiger partial charge >= 0.3 is 0 Å². The Morgan fingerprint density at radius 1 is 1.08 bits per heavy atom. The predicted octanol–water partition coefficient (Wildman–Crippen LogP) is 2.21. The average molecular weight is 344 g/mol. The van der Waals surface area contributed by atoms with Gasteiger partial charge in [0.05, 0.1) is 6.33 Å². The maximum absolute atomic E-state index is 12.3. The summed E-state index contributed by atoms with van der Waals surface area (Å²) in [6, 6.07) is 10.3. The number of rotatable bonds is 7. The monoisotopic (exact) mass is 344 g/mol. The van der Waals surface area contributed by atoms with Gasteiger partial charge in [-0.05, 0) is 12.1 Å². The van der Waals surface area contributed by atoms with Crippen LogP contribution in [0, 0.1) is 0 Å². The van der Waals surface area contributed by atoms with Crippen LogP contribution in [0.2, 0.25) is 0 Å². The summed E-state index contributed by atoms with van der Waals surface area (Å²) in [4.78, 5) is 22.0. The van der Waals surface area contributed by atoms with Crippen molar-refractivity contribution >= 4 is 17.7 Å². The second-order valence-corrected chi connectivity index (χ2v) is 7.10. The third-order valence-electron chi connectivity index (χ3n) is 4.29. The molecule has 0 N–H and O–H groups in total. The lowest BCUT2D eigenvalue weighted by atomic mass is 10.3. The summed E-state index contributed by atoms with van der Waals surface area (Å²) in [7, 11) is 0. The first-order valence-corrected chi connectivity index (χ1v) is 9.43. The highest BCUT2D eigenvalue weighted by molar-refractivity contribution is 7.99. The van der Waals surface area contributed by atoms with E-state index in [1.54, 1.807) is 11.8 Å². The normalized spacial score (nSPS) is 15.6. The fraction of sp³-hybridized carbons (Fsp3) is 0.444. The van der Waals surface area contributed by atoms with Crippen LogP contribution >= 0.6 is 11.8 Å². The standard InChI is InChI=1S/C18H24N4OS/c23-18(6-15-24-17-4-2-1-3-5-17)22-13-11-20(12-14-22)9-10-21-8-7-19-16-21/h1-5,7-8,16H,6,9-15H2. The van der Waals surface area contributed by atoms with Gasteiger partial charge in [-0.15, -0.1) is 11.8 Å². The number of hydrogen-bond acceptors (Lipinski definition) is 4. The van der Waals surface area contributed by atoms with Crippen LogP contribution in [-0.4, -0.2) is 63.7 Å². The summed E-state index contributed by atoms with van der Waals surface area (Å²) in [6.07, 6.45) is 6.27. The summed E-state index contributed by atoms with van der Waals surface area (Å²) in [6.45, 7) is 5.60. The molecule has 0 bridgehead atoms. The Balaban J connectivity index is 1.33. The predicted molar refractivity (Wildman–Crippen MR) is 97.0 cm³/mol. The highest BCUT2D eigenvalue weighted by Gasteiger charge is 2.20. The number of nitrogens with zero attached hydrogens (tertiary/aromatic N) is 4. The van der Waals surface area contributed by atoms with Crippen molar-refractivity contribution in [2.75, 3.05) is 38.5 Å². The van der Waals surface area contributed by atoms with Crippen LogP contribution in [0.25, 0.3) is 0 Å². The van der Waals surface area contributed by atoms with E-state index in [-0.39, 0.29) is 5.91 Å². The minimum Gasteiger partial charge on any atom is -0.340 e. The SMILES string of the molecule is O=C(CCSc1ccccc1)N1CCN(CCn2ccnc2)CC1. The number of hydrogen-bond donors (Lipinski definition) is 0. The molecule has 0 aliphatic carbocycles. The molecule has 6 heteroatoms.